The van der Waals surface area contributed by atoms with Crippen LogP contribution in [0.1, 0.15) is 5.56 Å². The third-order valence-electron chi connectivity index (χ3n) is 2.13. The normalized spacial score (nSPS) is 11.9. The van der Waals surface area contributed by atoms with Gasteiger partial charge in [-0.1, -0.05) is 17.7 Å². The molecule has 0 aliphatic rings. The van der Waals surface area contributed by atoms with E-state index >= 15 is 0 Å². The zero-order valence-corrected chi connectivity index (χ0v) is 9.59. The van der Waals surface area contributed by atoms with E-state index in [1.165, 1.54) is 18.3 Å². The van der Waals surface area contributed by atoms with E-state index in [0.29, 0.717) is 21.5 Å². The van der Waals surface area contributed by atoms with E-state index in [2.05, 4.69) is 4.98 Å². The molecule has 2 aromatic rings. The molecule has 1 aromatic heterocycles. The summed E-state index contributed by atoms with van der Waals surface area (Å²) in [6.45, 7) is 0. The van der Waals surface area contributed by atoms with E-state index in [9.17, 15) is 12.3 Å². The first-order valence-corrected chi connectivity index (χ1v) is 6.35. The molecule has 0 N–H and O–H groups in total. The number of fused-ring (bicyclic) bond motifs is 1. The Hall–Kier alpha value is -1.20. The average Bonchev–Trinajstić information content (AvgIpc) is 2.21. The van der Waals surface area contributed by atoms with Crippen molar-refractivity contribution < 1.29 is 12.3 Å². The predicted molar refractivity (Wildman–Crippen MR) is 60.5 cm³/mol. The Balaban J connectivity index is 2.68. The van der Waals surface area contributed by atoms with Crippen LogP contribution in [0.15, 0.2) is 30.5 Å². The highest BCUT2D eigenvalue weighted by Crippen LogP contribution is 2.26. The minimum atomic E-state index is -4.56. The van der Waals surface area contributed by atoms with Gasteiger partial charge >= 0.3 is 10.2 Å². The lowest BCUT2D eigenvalue weighted by atomic mass is 10.1. The topological polar surface area (TPSA) is 47.0 Å². The Labute approximate surface area is 97.1 Å². The molecule has 16 heavy (non-hydrogen) atoms. The van der Waals surface area contributed by atoms with Gasteiger partial charge in [0.25, 0.3) is 0 Å². The lowest BCUT2D eigenvalue weighted by Crippen LogP contribution is -1.98. The number of aromatic nitrogens is 1. The smallest absolute Gasteiger partial charge is 0.256 e. The summed E-state index contributed by atoms with van der Waals surface area (Å²) >= 11 is 5.92. The van der Waals surface area contributed by atoms with E-state index in [-0.39, 0.29) is 0 Å². The average molecular weight is 260 g/mol. The summed E-state index contributed by atoms with van der Waals surface area (Å²) in [6, 6.07) is 6.39. The van der Waals surface area contributed by atoms with Crippen LogP contribution in [-0.4, -0.2) is 13.4 Å². The molecule has 0 spiro atoms. The standard InChI is InChI=1S/C10H7ClFNO2S/c11-9-4-3-7(6-16(12,14)15)10-8(9)2-1-5-13-10/h1-5H,6H2. The number of halogens is 2. The van der Waals surface area contributed by atoms with Gasteiger partial charge in [-0.25, -0.2) is 0 Å². The Kier molecular flexibility index (Phi) is 2.82. The maximum absolute atomic E-state index is 12.6. The van der Waals surface area contributed by atoms with Gasteiger partial charge in [-0.05, 0) is 23.8 Å². The van der Waals surface area contributed by atoms with Crippen molar-refractivity contribution >= 4 is 32.7 Å². The molecule has 0 radical (unpaired) electrons. The molecular weight excluding hydrogens is 253 g/mol. The Morgan fingerprint density at radius 3 is 2.75 bits per heavy atom. The maximum atomic E-state index is 12.6. The molecule has 3 nitrogen and oxygen atoms in total. The number of pyridine rings is 1. The van der Waals surface area contributed by atoms with Crippen LogP contribution in [0.5, 0.6) is 0 Å². The van der Waals surface area contributed by atoms with Crippen LogP contribution in [0, 0.1) is 0 Å². The molecule has 0 atom stereocenters. The summed E-state index contributed by atoms with van der Waals surface area (Å²) < 4.78 is 33.8. The van der Waals surface area contributed by atoms with E-state index in [1.807, 2.05) is 0 Å². The second kappa shape index (κ2) is 3.99. The molecule has 0 aliphatic heterocycles. The highest BCUT2D eigenvalue weighted by molar-refractivity contribution is 7.85. The quantitative estimate of drug-likeness (QED) is 0.779. The molecule has 0 saturated heterocycles. The first-order chi connectivity index (χ1) is 7.47. The van der Waals surface area contributed by atoms with Crippen molar-refractivity contribution in [3.63, 3.8) is 0 Å². The SMILES string of the molecule is O=S(=O)(F)Cc1ccc(Cl)c2cccnc12. The zero-order chi connectivity index (χ0) is 11.8. The highest BCUT2D eigenvalue weighted by atomic mass is 35.5. The molecule has 0 fully saturated rings. The first-order valence-electron chi connectivity index (χ1n) is 4.42. The van der Waals surface area contributed by atoms with Crippen molar-refractivity contribution in [1.82, 2.24) is 4.98 Å². The second-order valence-electron chi connectivity index (χ2n) is 3.29. The van der Waals surface area contributed by atoms with E-state index < -0.39 is 16.0 Å². The molecule has 0 unspecified atom stereocenters. The van der Waals surface area contributed by atoms with E-state index in [1.54, 1.807) is 12.1 Å². The third-order valence-corrected chi connectivity index (χ3v) is 3.11. The molecule has 0 bridgehead atoms. The number of benzene rings is 1. The molecule has 0 saturated carbocycles. The monoisotopic (exact) mass is 259 g/mol. The molecule has 1 heterocycles. The van der Waals surface area contributed by atoms with Crippen molar-refractivity contribution in [2.45, 2.75) is 5.75 Å². The van der Waals surface area contributed by atoms with Gasteiger partial charge in [0.2, 0.25) is 0 Å². The van der Waals surface area contributed by atoms with Crippen LogP contribution in [0.4, 0.5) is 3.89 Å². The summed E-state index contributed by atoms with van der Waals surface area (Å²) in [6.07, 6.45) is 1.51. The van der Waals surface area contributed by atoms with E-state index in [4.69, 9.17) is 11.6 Å². The summed E-state index contributed by atoms with van der Waals surface area (Å²) in [5.74, 6) is -0.683. The third kappa shape index (κ3) is 2.31. The molecule has 2 rings (SSSR count). The zero-order valence-electron chi connectivity index (χ0n) is 8.02. The van der Waals surface area contributed by atoms with Crippen LogP contribution >= 0.6 is 11.6 Å². The van der Waals surface area contributed by atoms with Crippen molar-refractivity contribution in [3.05, 3.63) is 41.0 Å². The van der Waals surface area contributed by atoms with Crippen LogP contribution < -0.4 is 0 Å². The van der Waals surface area contributed by atoms with Gasteiger partial charge in [0.1, 0.15) is 5.75 Å². The highest BCUT2D eigenvalue weighted by Gasteiger charge is 2.13. The van der Waals surface area contributed by atoms with Gasteiger partial charge < -0.3 is 0 Å². The van der Waals surface area contributed by atoms with Gasteiger partial charge in [0, 0.05) is 16.6 Å². The van der Waals surface area contributed by atoms with Crippen molar-refractivity contribution in [1.29, 1.82) is 0 Å². The Morgan fingerprint density at radius 1 is 1.31 bits per heavy atom. The molecule has 0 aliphatic carbocycles. The van der Waals surface area contributed by atoms with E-state index in [0.717, 1.165) is 0 Å². The molecule has 84 valence electrons. The lowest BCUT2D eigenvalue weighted by molar-refractivity contribution is 0.551. The molecule has 6 heteroatoms. The Bertz CT molecular complexity index is 642. The molecular formula is C10H7ClFNO2S. The van der Waals surface area contributed by atoms with Gasteiger partial charge in [0.05, 0.1) is 5.52 Å². The van der Waals surface area contributed by atoms with Crippen LogP contribution in [-0.2, 0) is 16.0 Å². The second-order valence-corrected chi connectivity index (χ2v) is 5.06. The van der Waals surface area contributed by atoms with Crippen molar-refractivity contribution in [2.75, 3.05) is 0 Å². The minimum Gasteiger partial charge on any atom is -0.256 e. The van der Waals surface area contributed by atoms with Crippen LogP contribution in [0.3, 0.4) is 0 Å². The summed E-state index contributed by atoms with van der Waals surface area (Å²) in [7, 11) is -4.56. The predicted octanol–water partition coefficient (Wildman–Crippen LogP) is 2.69. The van der Waals surface area contributed by atoms with Crippen molar-refractivity contribution in [3.8, 4) is 0 Å². The summed E-state index contributed by atoms with van der Waals surface area (Å²) in [5, 5.41) is 1.08. The fourth-order valence-electron chi connectivity index (χ4n) is 1.50. The largest absolute Gasteiger partial charge is 0.306 e. The van der Waals surface area contributed by atoms with Gasteiger partial charge in [-0.15, -0.1) is 3.89 Å². The molecule has 0 amide bonds. The maximum Gasteiger partial charge on any atom is 0.306 e. The lowest BCUT2D eigenvalue weighted by Gasteiger charge is -2.04. The van der Waals surface area contributed by atoms with Gasteiger partial charge in [-0.3, -0.25) is 4.98 Å². The number of hydrogen-bond donors (Lipinski definition) is 0. The molecule has 1 aromatic carbocycles. The van der Waals surface area contributed by atoms with Crippen LogP contribution in [0.25, 0.3) is 10.9 Å². The first kappa shape index (κ1) is 11.3. The summed E-state index contributed by atoms with van der Waals surface area (Å²) in [5.41, 5.74) is 0.721. The van der Waals surface area contributed by atoms with Gasteiger partial charge in [0.15, 0.2) is 0 Å². The minimum absolute atomic E-state index is 0.308. The number of hydrogen-bond acceptors (Lipinski definition) is 3. The van der Waals surface area contributed by atoms with Crippen molar-refractivity contribution in [2.24, 2.45) is 0 Å². The summed E-state index contributed by atoms with van der Waals surface area (Å²) in [4.78, 5) is 4.01. The Morgan fingerprint density at radius 2 is 2.06 bits per heavy atom. The van der Waals surface area contributed by atoms with Crippen LogP contribution in [0.2, 0.25) is 5.02 Å². The van der Waals surface area contributed by atoms with Gasteiger partial charge in [-0.2, -0.15) is 8.42 Å². The fourth-order valence-corrected chi connectivity index (χ4v) is 2.32. The number of rotatable bonds is 2. The number of nitrogens with zero attached hydrogens (tertiary/aromatic N) is 1. The fraction of sp³-hybridized carbons (Fsp3) is 0.100.